The van der Waals surface area contributed by atoms with E-state index in [0.717, 1.165) is 28.8 Å². The van der Waals surface area contributed by atoms with E-state index in [9.17, 15) is 4.79 Å². The standard InChI is InChI=1S/C21H20ClN5O/c1-25(11-14-5-6-14)21(28)19-10-18-17(7-8-20-24-23-13-27(18)20)26(19)12-15-3-2-4-16(22)9-15/h2-4,7-10,13-14H,5-6,11-12H2,1H3. The van der Waals surface area contributed by atoms with Crippen molar-refractivity contribution in [2.45, 2.75) is 19.4 Å². The van der Waals surface area contributed by atoms with E-state index in [-0.39, 0.29) is 5.91 Å². The molecule has 1 aliphatic carbocycles. The van der Waals surface area contributed by atoms with E-state index < -0.39 is 0 Å². The Morgan fingerprint density at radius 2 is 2.07 bits per heavy atom. The van der Waals surface area contributed by atoms with E-state index in [1.165, 1.54) is 12.8 Å². The monoisotopic (exact) mass is 393 g/mol. The molecular formula is C21H20ClN5O. The molecule has 0 unspecified atom stereocenters. The summed E-state index contributed by atoms with van der Waals surface area (Å²) >= 11 is 6.18. The van der Waals surface area contributed by atoms with Gasteiger partial charge < -0.3 is 9.47 Å². The van der Waals surface area contributed by atoms with Gasteiger partial charge in [0.1, 0.15) is 12.0 Å². The number of halogens is 1. The minimum absolute atomic E-state index is 0.0337. The number of amides is 1. The number of hydrogen-bond acceptors (Lipinski definition) is 3. The molecule has 28 heavy (non-hydrogen) atoms. The van der Waals surface area contributed by atoms with Crippen LogP contribution in [0.15, 0.2) is 48.8 Å². The Balaban J connectivity index is 1.64. The van der Waals surface area contributed by atoms with Gasteiger partial charge in [0.25, 0.3) is 5.91 Å². The first-order chi connectivity index (χ1) is 13.6. The van der Waals surface area contributed by atoms with E-state index in [1.54, 1.807) is 6.33 Å². The highest BCUT2D eigenvalue weighted by atomic mass is 35.5. The Morgan fingerprint density at radius 3 is 2.86 bits per heavy atom. The first kappa shape index (κ1) is 17.3. The van der Waals surface area contributed by atoms with Crippen LogP contribution in [0.25, 0.3) is 16.7 Å². The highest BCUT2D eigenvalue weighted by molar-refractivity contribution is 6.30. The molecule has 0 atom stereocenters. The lowest BCUT2D eigenvalue weighted by Crippen LogP contribution is -2.30. The Hall–Kier alpha value is -2.86. The zero-order valence-corrected chi connectivity index (χ0v) is 16.3. The van der Waals surface area contributed by atoms with Crippen LogP contribution in [-0.2, 0) is 6.54 Å². The molecule has 0 spiro atoms. The third kappa shape index (κ3) is 3.03. The molecule has 1 fully saturated rings. The van der Waals surface area contributed by atoms with Crippen molar-refractivity contribution in [3.8, 4) is 0 Å². The summed E-state index contributed by atoms with van der Waals surface area (Å²) in [6, 6.07) is 13.6. The van der Waals surface area contributed by atoms with E-state index >= 15 is 0 Å². The Kier molecular flexibility index (Phi) is 4.09. The van der Waals surface area contributed by atoms with Gasteiger partial charge in [-0.2, -0.15) is 0 Å². The molecule has 3 aromatic heterocycles. The minimum atomic E-state index is 0.0337. The number of benzene rings is 1. The van der Waals surface area contributed by atoms with Gasteiger partial charge in [0.15, 0.2) is 5.65 Å². The second kappa shape index (κ2) is 6.63. The highest BCUT2D eigenvalue weighted by Gasteiger charge is 2.27. The zero-order chi connectivity index (χ0) is 19.3. The molecule has 1 amide bonds. The maximum Gasteiger partial charge on any atom is 0.270 e. The predicted molar refractivity (Wildman–Crippen MR) is 109 cm³/mol. The average Bonchev–Trinajstić information content (AvgIpc) is 3.23. The second-order valence-corrected chi connectivity index (χ2v) is 7.97. The lowest BCUT2D eigenvalue weighted by molar-refractivity contribution is 0.0779. The van der Waals surface area contributed by atoms with Crippen LogP contribution < -0.4 is 0 Å². The normalized spacial score (nSPS) is 14.1. The molecule has 5 rings (SSSR count). The molecule has 0 bridgehead atoms. The van der Waals surface area contributed by atoms with E-state index in [1.807, 2.05) is 58.8 Å². The average molecular weight is 394 g/mol. The number of pyridine rings is 1. The molecule has 6 nitrogen and oxygen atoms in total. The first-order valence-electron chi connectivity index (χ1n) is 9.42. The van der Waals surface area contributed by atoms with Crippen LogP contribution in [0.4, 0.5) is 0 Å². The van der Waals surface area contributed by atoms with Crippen molar-refractivity contribution >= 4 is 34.2 Å². The van der Waals surface area contributed by atoms with Crippen LogP contribution >= 0.6 is 11.6 Å². The van der Waals surface area contributed by atoms with Gasteiger partial charge in [0.05, 0.1) is 11.0 Å². The van der Waals surface area contributed by atoms with Gasteiger partial charge in [0, 0.05) is 25.2 Å². The molecule has 3 heterocycles. The number of hydrogen-bond donors (Lipinski definition) is 0. The van der Waals surface area contributed by atoms with Crippen LogP contribution in [0.5, 0.6) is 0 Å². The summed E-state index contributed by atoms with van der Waals surface area (Å²) < 4.78 is 3.98. The van der Waals surface area contributed by atoms with Crippen molar-refractivity contribution in [1.29, 1.82) is 0 Å². The summed E-state index contributed by atoms with van der Waals surface area (Å²) in [5.74, 6) is 0.676. The number of nitrogens with zero attached hydrogens (tertiary/aromatic N) is 5. The number of fused-ring (bicyclic) bond motifs is 3. The van der Waals surface area contributed by atoms with Crippen molar-refractivity contribution in [3.05, 3.63) is 65.1 Å². The Labute approximate surface area is 167 Å². The van der Waals surface area contributed by atoms with Crippen molar-refractivity contribution in [2.75, 3.05) is 13.6 Å². The summed E-state index contributed by atoms with van der Waals surface area (Å²) in [6.07, 6.45) is 4.11. The molecule has 142 valence electrons. The van der Waals surface area contributed by atoms with E-state index in [2.05, 4.69) is 14.8 Å². The topological polar surface area (TPSA) is 55.4 Å². The molecule has 1 aromatic carbocycles. The number of rotatable bonds is 5. The maximum atomic E-state index is 13.3. The van der Waals surface area contributed by atoms with E-state index in [4.69, 9.17) is 11.6 Å². The molecule has 0 N–H and O–H groups in total. The zero-order valence-electron chi connectivity index (χ0n) is 15.5. The lowest BCUT2D eigenvalue weighted by Gasteiger charge is -2.18. The third-order valence-electron chi connectivity index (χ3n) is 5.37. The fraction of sp³-hybridized carbons (Fsp3) is 0.286. The number of carbonyl (C=O) groups is 1. The summed E-state index contributed by atoms with van der Waals surface area (Å²) in [5, 5.41) is 8.82. The molecule has 0 saturated heterocycles. The molecule has 0 aliphatic heterocycles. The summed E-state index contributed by atoms with van der Waals surface area (Å²) in [6.45, 7) is 1.37. The van der Waals surface area contributed by atoms with Crippen LogP contribution in [-0.4, -0.2) is 43.6 Å². The fourth-order valence-electron chi connectivity index (χ4n) is 3.75. The Morgan fingerprint density at radius 1 is 1.21 bits per heavy atom. The molecule has 1 saturated carbocycles. The minimum Gasteiger partial charge on any atom is -0.340 e. The van der Waals surface area contributed by atoms with Gasteiger partial charge in [-0.05, 0) is 54.7 Å². The van der Waals surface area contributed by atoms with Crippen LogP contribution in [0.2, 0.25) is 5.02 Å². The number of aromatic nitrogens is 4. The second-order valence-electron chi connectivity index (χ2n) is 7.54. The highest BCUT2D eigenvalue weighted by Crippen LogP contribution is 2.30. The van der Waals surface area contributed by atoms with Crippen molar-refractivity contribution in [3.63, 3.8) is 0 Å². The largest absolute Gasteiger partial charge is 0.340 e. The molecule has 7 heteroatoms. The summed E-state index contributed by atoms with van der Waals surface area (Å²) in [4.78, 5) is 15.1. The van der Waals surface area contributed by atoms with Crippen molar-refractivity contribution in [2.24, 2.45) is 5.92 Å². The SMILES string of the molecule is CN(CC1CC1)C(=O)c1cc2c(ccc3nncn32)n1Cc1cccc(Cl)c1. The molecule has 4 aromatic rings. The van der Waals surface area contributed by atoms with E-state index in [0.29, 0.717) is 23.2 Å². The molecule has 1 aliphatic rings. The summed E-state index contributed by atoms with van der Waals surface area (Å²) in [7, 11) is 1.89. The van der Waals surface area contributed by atoms with Gasteiger partial charge in [-0.3, -0.25) is 9.20 Å². The van der Waals surface area contributed by atoms with Gasteiger partial charge in [-0.15, -0.1) is 10.2 Å². The van der Waals surface area contributed by atoms with Gasteiger partial charge in [0.2, 0.25) is 0 Å². The fourth-order valence-corrected chi connectivity index (χ4v) is 3.96. The van der Waals surface area contributed by atoms with Gasteiger partial charge in [-0.1, -0.05) is 23.7 Å². The maximum absolute atomic E-state index is 13.3. The van der Waals surface area contributed by atoms with Crippen molar-refractivity contribution < 1.29 is 4.79 Å². The first-order valence-corrected chi connectivity index (χ1v) is 9.80. The smallest absolute Gasteiger partial charge is 0.270 e. The van der Waals surface area contributed by atoms with Crippen LogP contribution in [0.1, 0.15) is 28.9 Å². The predicted octanol–water partition coefficient (Wildman–Crippen LogP) is 3.87. The van der Waals surface area contributed by atoms with Crippen molar-refractivity contribution in [1.82, 2.24) is 24.1 Å². The van der Waals surface area contributed by atoms with Gasteiger partial charge in [-0.25, -0.2) is 0 Å². The molecule has 0 radical (unpaired) electrons. The number of carbonyl (C=O) groups excluding carboxylic acids is 1. The van der Waals surface area contributed by atoms with Crippen LogP contribution in [0.3, 0.4) is 0 Å². The third-order valence-corrected chi connectivity index (χ3v) is 5.60. The van der Waals surface area contributed by atoms with Crippen LogP contribution in [0, 0.1) is 5.92 Å². The summed E-state index contributed by atoms with van der Waals surface area (Å²) in [5.41, 5.74) is 4.37. The lowest BCUT2D eigenvalue weighted by atomic mass is 10.2. The quantitative estimate of drug-likeness (QED) is 0.517. The van der Waals surface area contributed by atoms with Gasteiger partial charge >= 0.3 is 0 Å². The Bertz CT molecular complexity index is 1190. The molecular weight excluding hydrogens is 374 g/mol.